The van der Waals surface area contributed by atoms with Gasteiger partial charge in [0.1, 0.15) is 17.1 Å². The number of primary amides is 1. The molecule has 1 saturated carbocycles. The number of hydrogen-bond acceptors (Lipinski definition) is 7. The minimum atomic E-state index is -0.378. The highest BCUT2D eigenvalue weighted by Gasteiger charge is 2.29. The van der Waals surface area contributed by atoms with E-state index >= 15 is 0 Å². The fourth-order valence-corrected chi connectivity index (χ4v) is 4.49. The second-order valence-corrected chi connectivity index (χ2v) is 8.57. The zero-order valence-corrected chi connectivity index (χ0v) is 19.2. The van der Waals surface area contributed by atoms with Crippen LogP contribution in [0.4, 0.5) is 27.7 Å². The number of ether oxygens (including phenoxy) is 1. The van der Waals surface area contributed by atoms with Gasteiger partial charge in [-0.25, -0.2) is 14.4 Å². The summed E-state index contributed by atoms with van der Waals surface area (Å²) in [5, 5.41) is 6.33. The molecule has 0 bridgehead atoms. The molecule has 9 nitrogen and oxygen atoms in total. The Bertz CT molecular complexity index is 1350. The lowest BCUT2D eigenvalue weighted by Crippen LogP contribution is -2.28. The highest BCUT2D eigenvalue weighted by molar-refractivity contribution is 5.78. The van der Waals surface area contributed by atoms with Gasteiger partial charge in [0.05, 0.1) is 19.0 Å². The number of anilines is 4. The number of benzene rings is 2. The van der Waals surface area contributed by atoms with Crippen LogP contribution in [0.2, 0.25) is 0 Å². The van der Waals surface area contributed by atoms with E-state index in [4.69, 9.17) is 15.5 Å². The monoisotopic (exact) mass is 475 g/mol. The molecule has 2 aromatic heterocycles. The van der Waals surface area contributed by atoms with Gasteiger partial charge in [-0.3, -0.25) is 9.36 Å². The average molecular weight is 476 g/mol. The molecular formula is C25H26FN7O2. The average Bonchev–Trinajstić information content (AvgIpc) is 3.23. The van der Waals surface area contributed by atoms with Crippen LogP contribution >= 0.6 is 0 Å². The number of rotatable bonds is 7. The van der Waals surface area contributed by atoms with E-state index in [2.05, 4.69) is 20.6 Å². The summed E-state index contributed by atoms with van der Waals surface area (Å²) in [7, 11) is 1.62. The van der Waals surface area contributed by atoms with E-state index in [0.29, 0.717) is 41.6 Å². The molecule has 0 aliphatic heterocycles. The van der Waals surface area contributed by atoms with Gasteiger partial charge in [-0.2, -0.15) is 4.98 Å². The smallest absolute Gasteiger partial charge is 0.229 e. The van der Waals surface area contributed by atoms with Crippen LogP contribution < -0.4 is 21.1 Å². The number of methoxy groups -OCH3 is 1. The van der Waals surface area contributed by atoms with Crippen molar-refractivity contribution in [2.75, 3.05) is 17.7 Å². The molecule has 10 heteroatoms. The third-order valence-corrected chi connectivity index (χ3v) is 6.36. The Hall–Kier alpha value is -4.21. The fourth-order valence-electron chi connectivity index (χ4n) is 4.49. The third kappa shape index (κ3) is 4.72. The van der Waals surface area contributed by atoms with Crippen molar-refractivity contribution in [2.24, 2.45) is 11.7 Å². The Morgan fingerprint density at radius 3 is 2.49 bits per heavy atom. The molecule has 1 fully saturated rings. The number of carbonyl (C=O) groups excluding carboxylic acids is 1. The number of nitrogens with one attached hydrogen (secondary N) is 2. The molecule has 0 atom stereocenters. The summed E-state index contributed by atoms with van der Waals surface area (Å²) in [4.78, 5) is 25.5. The number of para-hydroxylation sites is 1. The molecule has 4 aromatic rings. The Morgan fingerprint density at radius 2 is 1.80 bits per heavy atom. The molecule has 1 amide bonds. The maximum atomic E-state index is 14.4. The predicted molar refractivity (Wildman–Crippen MR) is 131 cm³/mol. The minimum absolute atomic E-state index is 0.0219. The van der Waals surface area contributed by atoms with E-state index in [1.807, 2.05) is 28.8 Å². The van der Waals surface area contributed by atoms with Crippen LogP contribution in [-0.4, -0.2) is 32.5 Å². The zero-order chi connectivity index (χ0) is 24.4. The van der Waals surface area contributed by atoms with Crippen molar-refractivity contribution in [3.05, 3.63) is 60.5 Å². The van der Waals surface area contributed by atoms with Crippen LogP contribution in [0, 0.1) is 11.7 Å². The summed E-state index contributed by atoms with van der Waals surface area (Å²) >= 11 is 0. The summed E-state index contributed by atoms with van der Waals surface area (Å²) in [5.41, 5.74) is 7.87. The van der Waals surface area contributed by atoms with Gasteiger partial charge in [-0.15, -0.1) is 0 Å². The highest BCUT2D eigenvalue weighted by atomic mass is 19.1. The first-order chi connectivity index (χ1) is 17.0. The number of amides is 1. The van der Waals surface area contributed by atoms with Crippen molar-refractivity contribution in [1.29, 1.82) is 0 Å². The number of carbonyl (C=O) groups is 1. The van der Waals surface area contributed by atoms with E-state index in [0.717, 1.165) is 24.3 Å². The van der Waals surface area contributed by atoms with E-state index in [1.54, 1.807) is 31.5 Å². The molecule has 5 rings (SSSR count). The van der Waals surface area contributed by atoms with E-state index < -0.39 is 0 Å². The second-order valence-electron chi connectivity index (χ2n) is 8.57. The van der Waals surface area contributed by atoms with E-state index in [1.165, 1.54) is 6.07 Å². The van der Waals surface area contributed by atoms with Crippen molar-refractivity contribution in [3.63, 3.8) is 0 Å². The third-order valence-electron chi connectivity index (χ3n) is 6.36. The van der Waals surface area contributed by atoms with Crippen LogP contribution in [0.5, 0.6) is 5.75 Å². The summed E-state index contributed by atoms with van der Waals surface area (Å²) in [6.45, 7) is 0. The molecule has 2 heterocycles. The van der Waals surface area contributed by atoms with Crippen LogP contribution in [0.1, 0.15) is 31.7 Å². The molecule has 0 radical (unpaired) electrons. The Morgan fingerprint density at radius 1 is 1.06 bits per heavy atom. The van der Waals surface area contributed by atoms with E-state index in [9.17, 15) is 9.18 Å². The van der Waals surface area contributed by atoms with Crippen molar-refractivity contribution in [1.82, 2.24) is 19.5 Å². The lowest BCUT2D eigenvalue weighted by Gasteiger charge is -2.29. The van der Waals surface area contributed by atoms with Crippen LogP contribution in [-0.2, 0) is 4.79 Å². The lowest BCUT2D eigenvalue weighted by atomic mass is 9.85. The lowest BCUT2D eigenvalue weighted by molar-refractivity contribution is -0.122. The van der Waals surface area contributed by atoms with Gasteiger partial charge in [-0.1, -0.05) is 12.1 Å². The number of halogens is 1. The van der Waals surface area contributed by atoms with Gasteiger partial charge in [0.25, 0.3) is 0 Å². The normalized spacial score (nSPS) is 17.8. The first-order valence-corrected chi connectivity index (χ1v) is 11.5. The van der Waals surface area contributed by atoms with Crippen LogP contribution in [0.3, 0.4) is 0 Å². The van der Waals surface area contributed by atoms with Crippen molar-refractivity contribution < 1.29 is 13.9 Å². The van der Waals surface area contributed by atoms with Crippen molar-refractivity contribution >= 4 is 40.3 Å². The standard InChI is InChI=1S/C25H26FN7O2/c1-35-18-12-8-16(9-13-18)29-24-28-14-21-23(32-24)33(17-10-6-15(7-11-17)22(27)34)25(31-21)30-20-5-3-2-4-19(20)26/h2-5,8-9,12-15,17H,6-7,10-11H2,1H3,(H2,27,34)(H,30,31)(H,28,29,32)/t15-,17+. The first-order valence-electron chi connectivity index (χ1n) is 11.5. The number of fused-ring (bicyclic) bond motifs is 1. The van der Waals surface area contributed by atoms with Gasteiger partial charge >= 0.3 is 0 Å². The summed E-state index contributed by atoms with van der Waals surface area (Å²) in [6, 6.07) is 13.9. The molecular weight excluding hydrogens is 449 g/mol. The number of nitrogens with zero attached hydrogens (tertiary/aromatic N) is 4. The molecule has 2 aromatic carbocycles. The number of imidazole rings is 1. The molecule has 0 saturated heterocycles. The summed E-state index contributed by atoms with van der Waals surface area (Å²) in [5.74, 6) is 0.857. The second kappa shape index (κ2) is 9.57. The number of hydrogen-bond donors (Lipinski definition) is 3. The minimum Gasteiger partial charge on any atom is -0.497 e. The Kier molecular flexibility index (Phi) is 6.17. The molecule has 0 unspecified atom stereocenters. The molecule has 180 valence electrons. The largest absolute Gasteiger partial charge is 0.497 e. The molecule has 0 spiro atoms. The highest BCUT2D eigenvalue weighted by Crippen LogP contribution is 2.37. The summed E-state index contributed by atoms with van der Waals surface area (Å²) < 4.78 is 21.6. The number of aromatic nitrogens is 4. The Balaban J connectivity index is 1.51. The van der Waals surface area contributed by atoms with Gasteiger partial charge in [0.15, 0.2) is 5.65 Å². The Labute approximate surface area is 201 Å². The molecule has 1 aliphatic carbocycles. The van der Waals surface area contributed by atoms with Crippen LogP contribution in [0.15, 0.2) is 54.7 Å². The quantitative estimate of drug-likeness (QED) is 0.355. The van der Waals surface area contributed by atoms with Gasteiger partial charge < -0.3 is 21.1 Å². The topological polar surface area (TPSA) is 120 Å². The zero-order valence-electron chi connectivity index (χ0n) is 19.2. The maximum Gasteiger partial charge on any atom is 0.229 e. The van der Waals surface area contributed by atoms with Crippen LogP contribution in [0.25, 0.3) is 11.2 Å². The molecule has 4 N–H and O–H groups in total. The predicted octanol–water partition coefficient (Wildman–Crippen LogP) is 4.68. The van der Waals surface area contributed by atoms with Gasteiger partial charge in [-0.05, 0) is 62.1 Å². The van der Waals surface area contributed by atoms with Gasteiger partial charge in [0, 0.05) is 17.6 Å². The SMILES string of the molecule is COc1ccc(Nc2ncc3nc(Nc4ccccc4F)n([C@H]4CC[C@@H](C(N)=O)CC4)c3n2)cc1. The summed E-state index contributed by atoms with van der Waals surface area (Å²) in [6.07, 6.45) is 4.47. The first kappa shape index (κ1) is 22.6. The van der Waals surface area contributed by atoms with Gasteiger partial charge in [0.2, 0.25) is 17.8 Å². The van der Waals surface area contributed by atoms with Crippen molar-refractivity contribution in [2.45, 2.75) is 31.7 Å². The maximum absolute atomic E-state index is 14.4. The molecule has 35 heavy (non-hydrogen) atoms. The fraction of sp³-hybridized carbons (Fsp3) is 0.280. The number of nitrogens with two attached hydrogens (primary N) is 1. The van der Waals surface area contributed by atoms with E-state index in [-0.39, 0.29) is 23.7 Å². The molecule has 1 aliphatic rings. The van der Waals surface area contributed by atoms with Crippen molar-refractivity contribution in [3.8, 4) is 5.75 Å².